The van der Waals surface area contributed by atoms with Gasteiger partial charge in [-0.3, -0.25) is 0 Å². The smallest absolute Gasteiger partial charge is 0.398 e. The normalized spacial score (nSPS) is 11.8. The van der Waals surface area contributed by atoms with Gasteiger partial charge in [0, 0.05) is 0 Å². The third-order valence-corrected chi connectivity index (χ3v) is 3.62. The first kappa shape index (κ1) is 19.8. The predicted molar refractivity (Wildman–Crippen MR) is 92.6 cm³/mol. The van der Waals surface area contributed by atoms with E-state index in [0.717, 1.165) is 5.56 Å². The second-order valence-corrected chi connectivity index (χ2v) is 5.59. The lowest BCUT2D eigenvalue weighted by molar-refractivity contribution is -0.180. The monoisotopic (exact) mass is 368 g/mol. The van der Waals surface area contributed by atoms with Gasteiger partial charge in [0.15, 0.2) is 11.6 Å². The van der Waals surface area contributed by atoms with E-state index in [0.29, 0.717) is 0 Å². The minimum absolute atomic E-state index is 0.00148. The van der Waals surface area contributed by atoms with Crippen molar-refractivity contribution in [1.29, 1.82) is 0 Å². The molecule has 0 saturated carbocycles. The summed E-state index contributed by atoms with van der Waals surface area (Å²) in [4.78, 5) is 0. The molecule has 0 bridgehead atoms. The number of alkyl halides is 2. The van der Waals surface area contributed by atoms with Crippen molar-refractivity contribution in [3.63, 3.8) is 0 Å². The number of aryl methyl sites for hydroxylation is 1. The molecule has 0 N–H and O–H groups in total. The molecule has 0 aromatic heterocycles. The molecule has 2 aromatic carbocycles. The van der Waals surface area contributed by atoms with Crippen LogP contribution in [0.15, 0.2) is 42.5 Å². The number of allylic oxidation sites excluding steroid dienone is 1. The average molecular weight is 368 g/mol. The molecule has 0 spiro atoms. The number of halogens is 4. The van der Waals surface area contributed by atoms with E-state index in [2.05, 4.69) is 0 Å². The predicted octanol–water partition coefficient (Wildman–Crippen LogP) is 6.00. The van der Waals surface area contributed by atoms with Gasteiger partial charge in [-0.05, 0) is 49.6 Å². The number of hydrogen-bond acceptors (Lipinski definition) is 2. The fraction of sp³-hybridized carbons (Fsp3) is 0.300. The summed E-state index contributed by atoms with van der Waals surface area (Å²) in [5.41, 5.74) is 0.702. The molecule has 0 amide bonds. The first-order valence-electron chi connectivity index (χ1n) is 8.25. The third-order valence-electron chi connectivity index (χ3n) is 3.62. The summed E-state index contributed by atoms with van der Waals surface area (Å²) in [5.74, 6) is -2.59. The van der Waals surface area contributed by atoms with Gasteiger partial charge in [-0.15, -0.1) is 0 Å². The minimum atomic E-state index is -3.51. The van der Waals surface area contributed by atoms with Crippen LogP contribution in [0.4, 0.5) is 17.6 Å². The molecule has 2 nitrogen and oxygen atoms in total. The Morgan fingerprint density at radius 3 is 2.31 bits per heavy atom. The Bertz CT molecular complexity index is 755. The molecule has 0 radical (unpaired) electrons. The van der Waals surface area contributed by atoms with E-state index in [-0.39, 0.29) is 30.1 Å². The maximum Gasteiger partial charge on any atom is 0.398 e. The Hall–Kier alpha value is -2.50. The summed E-state index contributed by atoms with van der Waals surface area (Å²) in [5, 5.41) is 0. The van der Waals surface area contributed by atoms with Crippen molar-refractivity contribution in [2.24, 2.45) is 0 Å². The standard InChI is InChI=1S/C20H20F4O2/c1-3-5-14-6-9-16(10-7-14)26-20(23,24)13-12-15-8-11-17(25-4-2)19(22)18(15)21/h3,5-11H,4,12-13H2,1-2H3/b5-3+. The summed E-state index contributed by atoms with van der Waals surface area (Å²) in [6.45, 7) is 3.66. The van der Waals surface area contributed by atoms with Crippen molar-refractivity contribution in [3.05, 3.63) is 65.2 Å². The summed E-state index contributed by atoms with van der Waals surface area (Å²) < 4.78 is 65.4. The molecule has 0 aliphatic heterocycles. The fourth-order valence-electron chi connectivity index (χ4n) is 2.37. The fourth-order valence-corrected chi connectivity index (χ4v) is 2.37. The number of benzene rings is 2. The lowest BCUT2D eigenvalue weighted by atomic mass is 10.1. The van der Waals surface area contributed by atoms with Crippen LogP contribution in [0.25, 0.3) is 6.08 Å². The highest BCUT2D eigenvalue weighted by molar-refractivity contribution is 5.50. The van der Waals surface area contributed by atoms with Gasteiger partial charge in [0.2, 0.25) is 5.82 Å². The molecule has 140 valence electrons. The Kier molecular flexibility index (Phi) is 6.66. The molecular weight excluding hydrogens is 348 g/mol. The van der Waals surface area contributed by atoms with Gasteiger partial charge >= 0.3 is 6.11 Å². The SMILES string of the molecule is C/C=C/c1ccc(OC(F)(F)CCc2ccc(OCC)c(F)c2F)cc1. The van der Waals surface area contributed by atoms with E-state index in [1.165, 1.54) is 24.3 Å². The first-order chi connectivity index (χ1) is 12.4. The van der Waals surface area contributed by atoms with Crippen molar-refractivity contribution < 1.29 is 27.0 Å². The highest BCUT2D eigenvalue weighted by atomic mass is 19.3. The average Bonchev–Trinajstić information content (AvgIpc) is 2.60. The molecule has 0 atom stereocenters. The van der Waals surface area contributed by atoms with Crippen LogP contribution < -0.4 is 9.47 Å². The maximum atomic E-state index is 14.0. The molecule has 0 heterocycles. The Morgan fingerprint density at radius 1 is 1.00 bits per heavy atom. The largest absolute Gasteiger partial charge is 0.491 e. The zero-order chi connectivity index (χ0) is 19.2. The van der Waals surface area contributed by atoms with Crippen LogP contribution in [-0.4, -0.2) is 12.7 Å². The van der Waals surface area contributed by atoms with Crippen molar-refractivity contribution >= 4 is 6.08 Å². The highest BCUT2D eigenvalue weighted by Gasteiger charge is 2.32. The van der Waals surface area contributed by atoms with Gasteiger partial charge in [0.05, 0.1) is 13.0 Å². The molecule has 0 aliphatic rings. The van der Waals surface area contributed by atoms with Crippen LogP contribution in [0.5, 0.6) is 11.5 Å². The van der Waals surface area contributed by atoms with Crippen LogP contribution in [0, 0.1) is 11.6 Å². The number of ether oxygens (including phenoxy) is 2. The van der Waals surface area contributed by atoms with Gasteiger partial charge < -0.3 is 9.47 Å². The van der Waals surface area contributed by atoms with Crippen molar-refractivity contribution in [3.8, 4) is 11.5 Å². The van der Waals surface area contributed by atoms with Crippen molar-refractivity contribution in [2.75, 3.05) is 6.61 Å². The zero-order valence-corrected chi connectivity index (χ0v) is 14.6. The van der Waals surface area contributed by atoms with E-state index >= 15 is 0 Å². The maximum absolute atomic E-state index is 14.0. The van der Waals surface area contributed by atoms with Crippen LogP contribution in [0.1, 0.15) is 31.4 Å². The quantitative estimate of drug-likeness (QED) is 0.532. The molecule has 0 aliphatic carbocycles. The number of hydrogen-bond donors (Lipinski definition) is 0. The molecule has 26 heavy (non-hydrogen) atoms. The van der Waals surface area contributed by atoms with E-state index in [1.807, 2.05) is 19.1 Å². The van der Waals surface area contributed by atoms with Gasteiger partial charge in [0.1, 0.15) is 5.75 Å². The topological polar surface area (TPSA) is 18.5 Å². The van der Waals surface area contributed by atoms with Gasteiger partial charge in [-0.1, -0.05) is 30.4 Å². The summed E-state index contributed by atoms with van der Waals surface area (Å²) in [6, 6.07) is 8.63. The van der Waals surface area contributed by atoms with E-state index in [4.69, 9.17) is 9.47 Å². The van der Waals surface area contributed by atoms with Crippen LogP contribution in [0.3, 0.4) is 0 Å². The molecule has 2 aromatic rings. The molecule has 0 fully saturated rings. The summed E-state index contributed by atoms with van der Waals surface area (Å²) in [7, 11) is 0. The van der Waals surface area contributed by atoms with Crippen molar-refractivity contribution in [1.82, 2.24) is 0 Å². The Morgan fingerprint density at radius 2 is 1.69 bits per heavy atom. The Balaban J connectivity index is 2.02. The summed E-state index contributed by atoms with van der Waals surface area (Å²) >= 11 is 0. The van der Waals surface area contributed by atoms with E-state index < -0.39 is 24.2 Å². The van der Waals surface area contributed by atoms with Crippen LogP contribution in [0.2, 0.25) is 0 Å². The lowest BCUT2D eigenvalue weighted by Crippen LogP contribution is -2.25. The highest BCUT2D eigenvalue weighted by Crippen LogP contribution is 2.29. The van der Waals surface area contributed by atoms with E-state index in [1.54, 1.807) is 19.1 Å². The third kappa shape index (κ3) is 5.25. The molecule has 0 unspecified atom stereocenters. The zero-order valence-electron chi connectivity index (χ0n) is 14.6. The molecular formula is C20H20F4O2. The van der Waals surface area contributed by atoms with Gasteiger partial charge in [-0.2, -0.15) is 13.2 Å². The second kappa shape index (κ2) is 8.74. The van der Waals surface area contributed by atoms with Gasteiger partial charge in [-0.25, -0.2) is 4.39 Å². The van der Waals surface area contributed by atoms with Crippen LogP contribution in [-0.2, 0) is 6.42 Å². The molecule has 6 heteroatoms. The van der Waals surface area contributed by atoms with Crippen molar-refractivity contribution in [2.45, 2.75) is 32.8 Å². The first-order valence-corrected chi connectivity index (χ1v) is 8.25. The second-order valence-electron chi connectivity index (χ2n) is 5.59. The summed E-state index contributed by atoms with van der Waals surface area (Å²) in [6.07, 6.45) is -1.02. The molecule has 0 saturated heterocycles. The van der Waals surface area contributed by atoms with Crippen LogP contribution >= 0.6 is 0 Å². The minimum Gasteiger partial charge on any atom is -0.491 e. The molecule has 2 rings (SSSR count). The number of rotatable bonds is 8. The van der Waals surface area contributed by atoms with E-state index in [9.17, 15) is 17.6 Å². The Labute approximate surface area is 150 Å². The van der Waals surface area contributed by atoms with Gasteiger partial charge in [0.25, 0.3) is 0 Å². The lowest BCUT2D eigenvalue weighted by Gasteiger charge is -2.18.